The summed E-state index contributed by atoms with van der Waals surface area (Å²) in [6.07, 6.45) is -5.37. The van der Waals surface area contributed by atoms with E-state index in [9.17, 15) is 86.6 Å². The fourth-order valence-corrected chi connectivity index (χ4v) is 11.4. The number of alkyl halides is 3. The van der Waals surface area contributed by atoms with Crippen molar-refractivity contribution in [1.82, 2.24) is 47.5 Å². The number of carboxylic acids is 2. The molecule has 93 heavy (non-hydrogen) atoms. The van der Waals surface area contributed by atoms with E-state index >= 15 is 0 Å². The lowest BCUT2D eigenvalue weighted by molar-refractivity contribution is -0.192. The van der Waals surface area contributed by atoms with E-state index in [1.807, 2.05) is 0 Å². The van der Waals surface area contributed by atoms with Crippen LogP contribution in [-0.2, 0) is 78.4 Å². The van der Waals surface area contributed by atoms with Crippen LogP contribution in [0.25, 0.3) is 10.9 Å². The van der Waals surface area contributed by atoms with Gasteiger partial charge < -0.3 is 89.6 Å². The number of hydrogen-bond acceptors (Lipinski definition) is 18. The summed E-state index contributed by atoms with van der Waals surface area (Å²) in [6, 6.07) is 9.99. The average Bonchev–Trinajstić information content (AvgIpc) is 1.84. The normalized spacial score (nSPS) is 20.5. The SMILES string of the molecule is CC(C)C[C@@H]1NC(=O)[C@H](Cc2ccc(O)cc2)NC(=O)[C@H](CCC(N)=O)NC(=O)[C@H](CO)NC(=O)[C@H](Cc2c[nH]c3ccccc23)NC(=O)[C@@H](NC(=O)[C@@H](N)Cc2ccc(O)cc2)CSSC[C@@H](C(=O)N[C@@H](Cc2ccc(O)cc2)C(=O)O)NC1=O.O=C(O)C(F)(F)F. The monoisotopic (exact) mass is 1340 g/mol. The van der Waals surface area contributed by atoms with Crippen LogP contribution in [0.5, 0.6) is 17.2 Å². The maximum Gasteiger partial charge on any atom is 0.490 e. The van der Waals surface area contributed by atoms with Crippen LogP contribution in [0.15, 0.2) is 103 Å². The molecule has 0 radical (unpaired) electrons. The number of aliphatic hydroxyl groups excluding tert-OH is 1. The number of carbonyl (C=O) groups excluding carboxylic acids is 9. The van der Waals surface area contributed by atoms with Gasteiger partial charge in [0, 0.05) is 54.3 Å². The predicted molar refractivity (Wildman–Crippen MR) is 332 cm³/mol. The molecule has 9 atom stereocenters. The first-order valence-corrected chi connectivity index (χ1v) is 31.1. The molecule has 1 aliphatic heterocycles. The minimum atomic E-state index is -5.08. The van der Waals surface area contributed by atoms with Crippen molar-refractivity contribution in [2.45, 2.75) is 119 Å². The van der Waals surface area contributed by atoms with E-state index in [0.717, 1.165) is 21.6 Å². The Labute approximate surface area is 537 Å². The van der Waals surface area contributed by atoms with Crippen LogP contribution in [0.1, 0.15) is 55.4 Å². The van der Waals surface area contributed by atoms with E-state index in [1.54, 1.807) is 56.4 Å². The minimum absolute atomic E-state index is 0.0369. The number of carboxylic acid groups (broad SMARTS) is 2. The summed E-state index contributed by atoms with van der Waals surface area (Å²) in [5.41, 5.74) is 14.4. The van der Waals surface area contributed by atoms with Gasteiger partial charge in [-0.2, -0.15) is 13.2 Å². The molecule has 1 aliphatic rings. The zero-order chi connectivity index (χ0) is 68.7. The zero-order valence-corrected chi connectivity index (χ0v) is 51.6. The third kappa shape index (κ3) is 24.2. The second-order valence-electron chi connectivity index (χ2n) is 21.8. The lowest BCUT2D eigenvalue weighted by Gasteiger charge is -2.28. The van der Waals surface area contributed by atoms with E-state index in [2.05, 4.69) is 47.5 Å². The number of aromatic nitrogens is 1. The first-order chi connectivity index (χ1) is 43.9. The number of carbonyl (C=O) groups is 11. The lowest BCUT2D eigenvalue weighted by atomic mass is 10.00. The first kappa shape index (κ1) is 74.1. The Morgan fingerprint density at radius 1 is 0.624 bits per heavy atom. The number of nitrogens with one attached hydrogen (secondary N) is 9. The first-order valence-electron chi connectivity index (χ1n) is 28.6. The van der Waals surface area contributed by atoms with Gasteiger partial charge in [0.05, 0.1) is 12.6 Å². The third-order valence-corrected chi connectivity index (χ3v) is 16.4. The molecule has 1 saturated heterocycles. The molecular weight excluding hydrogens is 1270 g/mol. The second-order valence-corrected chi connectivity index (χ2v) is 24.4. The quantitative estimate of drug-likeness (QED) is 0.0490. The molecule has 0 unspecified atom stereocenters. The summed E-state index contributed by atoms with van der Waals surface area (Å²) in [4.78, 5) is 152. The summed E-state index contributed by atoms with van der Waals surface area (Å²) < 4.78 is 31.7. The van der Waals surface area contributed by atoms with Gasteiger partial charge in [0.1, 0.15) is 65.6 Å². The zero-order valence-electron chi connectivity index (χ0n) is 49.9. The number of aromatic amines is 1. The van der Waals surface area contributed by atoms with Gasteiger partial charge in [0.2, 0.25) is 53.2 Å². The standard InChI is InChI=1S/C58H71N11O15S2.C2HF3O2/c1-30(2)21-42-52(77)69-48(57(82)66-45(58(83)84)24-33-11-17-37(73)18-12-33)29-86-85-28-47(68-50(75)39(59)22-31-7-13-35(71)14-8-31)56(81)65-44(25-34-26-61-40-6-4-3-5-38(34)40)54(79)67-46(27-70)55(80)62-41(19-20-49(60)74)51(76)64-43(53(78)63-42)23-32-9-15-36(72)16-10-32;3-2(4,5)1(6)7/h3-18,26,30,39,41-48,61,70-73H,19-25,27-29,59H2,1-2H3,(H2,60,74)(H,62,80)(H,63,78)(H,64,76)(H,65,81)(H,66,82)(H,67,79)(H,68,75)(H,69,77)(H,83,84);(H,6,7)/t39-,41-,42-,43-,44-,45-,46-,47-,48-;/m0./s1. The van der Waals surface area contributed by atoms with E-state index in [0.29, 0.717) is 33.2 Å². The number of para-hydroxylation sites is 1. The topological polar surface area (TPSA) is 473 Å². The Hall–Kier alpha value is -9.60. The lowest BCUT2D eigenvalue weighted by Crippen LogP contribution is -2.61. The van der Waals surface area contributed by atoms with Gasteiger partial charge >= 0.3 is 18.1 Å². The Morgan fingerprint density at radius 2 is 1.10 bits per heavy atom. The molecule has 0 aliphatic carbocycles. The highest BCUT2D eigenvalue weighted by molar-refractivity contribution is 8.76. The Morgan fingerprint density at radius 3 is 1.65 bits per heavy atom. The minimum Gasteiger partial charge on any atom is -0.508 e. The van der Waals surface area contributed by atoms with Gasteiger partial charge in [0.25, 0.3) is 0 Å². The number of hydrogen-bond donors (Lipinski definition) is 17. The Balaban J connectivity index is 0.00000211. The summed E-state index contributed by atoms with van der Waals surface area (Å²) >= 11 is 0. The molecule has 502 valence electrons. The number of phenols is 3. The van der Waals surface area contributed by atoms with Crippen molar-refractivity contribution in [3.05, 3.63) is 126 Å². The van der Waals surface area contributed by atoms with Gasteiger partial charge in [-0.15, -0.1) is 0 Å². The van der Waals surface area contributed by atoms with Gasteiger partial charge in [-0.1, -0.05) is 90.0 Å². The van der Waals surface area contributed by atoms with E-state index < -0.39 is 145 Å². The number of aliphatic carboxylic acids is 2. The summed E-state index contributed by atoms with van der Waals surface area (Å²) in [6.45, 7) is 2.40. The number of nitrogens with two attached hydrogens (primary N) is 2. The molecule has 28 nitrogen and oxygen atoms in total. The van der Waals surface area contributed by atoms with Gasteiger partial charge in [0.15, 0.2) is 0 Å². The molecule has 1 aromatic heterocycles. The van der Waals surface area contributed by atoms with Crippen molar-refractivity contribution in [2.24, 2.45) is 17.4 Å². The number of primary amides is 1. The van der Waals surface area contributed by atoms with Crippen molar-refractivity contribution in [1.29, 1.82) is 0 Å². The largest absolute Gasteiger partial charge is 0.508 e. The maximum absolute atomic E-state index is 14.7. The molecule has 0 spiro atoms. The van der Waals surface area contributed by atoms with Crippen LogP contribution in [0.3, 0.4) is 0 Å². The highest BCUT2D eigenvalue weighted by Gasteiger charge is 2.39. The van der Waals surface area contributed by atoms with Crippen molar-refractivity contribution >= 4 is 97.6 Å². The maximum atomic E-state index is 14.7. The number of phenolic OH excluding ortho intramolecular Hbond substituents is 3. The van der Waals surface area contributed by atoms with Gasteiger partial charge in [-0.05, 0) is 89.9 Å². The number of H-pyrrole nitrogens is 1. The summed E-state index contributed by atoms with van der Waals surface area (Å²) in [7, 11) is 1.83. The van der Waals surface area contributed by atoms with Crippen molar-refractivity contribution in [2.75, 3.05) is 18.1 Å². The molecule has 9 amide bonds. The molecule has 0 saturated carbocycles. The average molecular weight is 1340 g/mol. The molecule has 33 heteroatoms. The molecule has 4 aromatic carbocycles. The van der Waals surface area contributed by atoms with Gasteiger partial charge in [-0.3, -0.25) is 43.2 Å². The number of amides is 9. The third-order valence-electron chi connectivity index (χ3n) is 14.0. The number of aromatic hydroxyl groups is 3. The molecule has 5 aromatic rings. The number of benzene rings is 4. The molecule has 0 bridgehead atoms. The Kier molecular flexibility index (Phi) is 28.1. The fourth-order valence-electron chi connectivity index (χ4n) is 9.09. The van der Waals surface area contributed by atoms with Gasteiger partial charge in [-0.25, -0.2) is 9.59 Å². The highest BCUT2D eigenvalue weighted by Crippen LogP contribution is 2.25. The van der Waals surface area contributed by atoms with Crippen molar-refractivity contribution < 1.29 is 96.6 Å². The summed E-state index contributed by atoms with van der Waals surface area (Å²) in [5, 5.41) is 79.0. The summed E-state index contributed by atoms with van der Waals surface area (Å²) in [5.74, 6) is -14.2. The van der Waals surface area contributed by atoms with Crippen molar-refractivity contribution in [3.8, 4) is 17.2 Å². The van der Waals surface area contributed by atoms with Crippen LogP contribution in [-0.4, -0.2) is 179 Å². The Bertz CT molecular complexity index is 3440. The predicted octanol–water partition coefficient (Wildman–Crippen LogP) is 0.178. The van der Waals surface area contributed by atoms with Crippen LogP contribution in [0.4, 0.5) is 13.2 Å². The second kappa shape index (κ2) is 35.3. The van der Waals surface area contributed by atoms with Crippen LogP contribution in [0, 0.1) is 5.92 Å². The molecular formula is C60H72F3N11O17S2. The smallest absolute Gasteiger partial charge is 0.490 e. The van der Waals surface area contributed by atoms with E-state index in [4.69, 9.17) is 21.4 Å². The molecule has 1 fully saturated rings. The molecule has 6 rings (SSSR count). The van der Waals surface area contributed by atoms with Crippen molar-refractivity contribution in [3.63, 3.8) is 0 Å². The van der Waals surface area contributed by atoms with E-state index in [1.165, 1.54) is 60.7 Å². The van der Waals surface area contributed by atoms with Crippen LogP contribution < -0.4 is 54.0 Å². The number of fused-ring (bicyclic) bond motifs is 1. The van der Waals surface area contributed by atoms with Crippen LogP contribution in [0.2, 0.25) is 0 Å². The molecule has 2 heterocycles. The van der Waals surface area contributed by atoms with E-state index in [-0.39, 0.29) is 66.8 Å². The molecule has 19 N–H and O–H groups in total. The highest BCUT2D eigenvalue weighted by atomic mass is 33.1. The van der Waals surface area contributed by atoms with Crippen LogP contribution >= 0.6 is 21.6 Å². The number of aliphatic hydroxyl groups is 1. The number of rotatable bonds is 19. The fraction of sp³-hybridized carbons (Fsp3) is 0.383. The number of halogens is 3.